The van der Waals surface area contributed by atoms with Crippen molar-refractivity contribution < 1.29 is 19.6 Å². The largest absolute Gasteiger partial charge is 0.487 e. The molecule has 104 valence electrons. The molecule has 2 aromatic rings. The number of nitro groups is 1. The van der Waals surface area contributed by atoms with Gasteiger partial charge in [0.1, 0.15) is 0 Å². The van der Waals surface area contributed by atoms with E-state index in [1.54, 1.807) is 6.92 Å². The Morgan fingerprint density at radius 3 is 2.85 bits per heavy atom. The summed E-state index contributed by atoms with van der Waals surface area (Å²) in [7, 11) is 0. The van der Waals surface area contributed by atoms with Crippen LogP contribution in [-0.4, -0.2) is 32.4 Å². The van der Waals surface area contributed by atoms with Gasteiger partial charge in [0.05, 0.1) is 29.0 Å². The molecule has 1 N–H and O–H groups in total. The van der Waals surface area contributed by atoms with Crippen LogP contribution in [0.15, 0.2) is 30.6 Å². The molecule has 1 heterocycles. The molecule has 0 fully saturated rings. The maximum absolute atomic E-state index is 10.9. The molecule has 0 unspecified atom stereocenters. The number of benzene rings is 1. The molecule has 0 saturated heterocycles. The normalized spacial score (nSPS) is 10.2. The highest BCUT2D eigenvalue weighted by molar-refractivity contribution is 5.87. The van der Waals surface area contributed by atoms with Crippen LogP contribution in [0.3, 0.4) is 0 Å². The van der Waals surface area contributed by atoms with Crippen LogP contribution in [0, 0.1) is 10.1 Å². The zero-order valence-corrected chi connectivity index (χ0v) is 10.5. The third-order valence-corrected chi connectivity index (χ3v) is 2.53. The summed E-state index contributed by atoms with van der Waals surface area (Å²) in [5, 5.41) is 23.6. The van der Waals surface area contributed by atoms with E-state index in [0.717, 1.165) is 0 Å². The van der Waals surface area contributed by atoms with Crippen molar-refractivity contribution in [1.29, 1.82) is 0 Å². The Morgan fingerprint density at radius 1 is 1.55 bits per heavy atom. The Hall–Kier alpha value is -2.90. The number of nitrogens with zero attached hydrogens (tertiary/aromatic N) is 3. The first-order chi connectivity index (χ1) is 9.52. The van der Waals surface area contributed by atoms with E-state index in [-0.39, 0.29) is 23.6 Å². The molecule has 20 heavy (non-hydrogen) atoms. The number of ether oxygens (including phenoxy) is 1. The maximum atomic E-state index is 10.9. The van der Waals surface area contributed by atoms with Crippen molar-refractivity contribution in [2.45, 2.75) is 6.92 Å². The Bertz CT molecular complexity index is 665. The summed E-state index contributed by atoms with van der Waals surface area (Å²) in [5.41, 5.74) is 0.356. The van der Waals surface area contributed by atoms with Gasteiger partial charge in [-0.05, 0) is 13.0 Å². The van der Waals surface area contributed by atoms with Crippen LogP contribution in [0.1, 0.15) is 17.3 Å². The summed E-state index contributed by atoms with van der Waals surface area (Å²) < 4.78 is 6.53. The third kappa shape index (κ3) is 2.58. The van der Waals surface area contributed by atoms with Gasteiger partial charge >= 0.3 is 11.7 Å². The summed E-state index contributed by atoms with van der Waals surface area (Å²) >= 11 is 0. The fourth-order valence-corrected chi connectivity index (χ4v) is 1.64. The number of carbonyl (C=O) groups is 1. The van der Waals surface area contributed by atoms with Gasteiger partial charge in [-0.3, -0.25) is 10.1 Å². The van der Waals surface area contributed by atoms with Gasteiger partial charge in [0.2, 0.25) is 0 Å². The van der Waals surface area contributed by atoms with Gasteiger partial charge in [-0.1, -0.05) is 0 Å². The standard InChI is InChI=1S/C12H11N3O5/c1-2-20-11-5-9(3-4-10(11)15(18)19)14-7-8(6-13-14)12(16)17/h3-7H,2H2,1H3,(H,16,17). The smallest absolute Gasteiger partial charge is 0.338 e. The molecule has 0 amide bonds. The Balaban J connectivity index is 2.44. The highest BCUT2D eigenvalue weighted by Crippen LogP contribution is 2.29. The molecule has 1 aromatic carbocycles. The average Bonchev–Trinajstić information content (AvgIpc) is 2.88. The number of carboxylic acid groups (broad SMARTS) is 1. The molecule has 0 atom stereocenters. The molecule has 2 rings (SSSR count). The first-order valence-corrected chi connectivity index (χ1v) is 5.72. The van der Waals surface area contributed by atoms with Gasteiger partial charge in [0.15, 0.2) is 5.75 Å². The van der Waals surface area contributed by atoms with E-state index in [9.17, 15) is 14.9 Å². The van der Waals surface area contributed by atoms with Gasteiger partial charge in [-0.15, -0.1) is 0 Å². The molecule has 8 nitrogen and oxygen atoms in total. The quantitative estimate of drug-likeness (QED) is 0.660. The number of hydrogen-bond donors (Lipinski definition) is 1. The highest BCUT2D eigenvalue weighted by atomic mass is 16.6. The second kappa shape index (κ2) is 5.39. The fourth-order valence-electron chi connectivity index (χ4n) is 1.64. The van der Waals surface area contributed by atoms with Gasteiger partial charge in [0, 0.05) is 18.3 Å². The molecule has 0 radical (unpaired) electrons. The first kappa shape index (κ1) is 13.5. The highest BCUT2D eigenvalue weighted by Gasteiger charge is 2.16. The van der Waals surface area contributed by atoms with Crippen LogP contribution in [0.4, 0.5) is 5.69 Å². The van der Waals surface area contributed by atoms with Crippen LogP contribution in [0.25, 0.3) is 5.69 Å². The summed E-state index contributed by atoms with van der Waals surface area (Å²) in [5.74, 6) is -0.981. The van der Waals surface area contributed by atoms with Crippen LogP contribution < -0.4 is 4.74 Å². The molecule has 0 spiro atoms. The predicted molar refractivity (Wildman–Crippen MR) is 68.3 cm³/mol. The second-order valence-corrected chi connectivity index (χ2v) is 3.82. The molecule has 0 saturated carbocycles. The minimum atomic E-state index is -1.09. The average molecular weight is 277 g/mol. The zero-order chi connectivity index (χ0) is 14.7. The Kier molecular flexibility index (Phi) is 3.65. The lowest BCUT2D eigenvalue weighted by Crippen LogP contribution is -2.01. The zero-order valence-electron chi connectivity index (χ0n) is 10.5. The SMILES string of the molecule is CCOc1cc(-n2cc(C(=O)O)cn2)ccc1[N+](=O)[O-]. The molecular formula is C12H11N3O5. The molecule has 8 heteroatoms. The number of rotatable bonds is 5. The van der Waals surface area contributed by atoms with Gasteiger partial charge in [-0.25, -0.2) is 9.48 Å². The van der Waals surface area contributed by atoms with Crippen LogP contribution in [0.5, 0.6) is 5.75 Å². The molecule has 0 aliphatic rings. The number of aromatic carboxylic acids is 1. The van der Waals surface area contributed by atoms with Crippen molar-refractivity contribution in [2.75, 3.05) is 6.61 Å². The molecule has 0 aliphatic carbocycles. The van der Waals surface area contributed by atoms with Gasteiger partial charge in [0.25, 0.3) is 0 Å². The van der Waals surface area contributed by atoms with Crippen molar-refractivity contribution in [1.82, 2.24) is 9.78 Å². The van der Waals surface area contributed by atoms with E-state index in [2.05, 4.69) is 5.10 Å². The maximum Gasteiger partial charge on any atom is 0.338 e. The van der Waals surface area contributed by atoms with E-state index in [1.165, 1.54) is 35.3 Å². The lowest BCUT2D eigenvalue weighted by atomic mass is 10.2. The lowest BCUT2D eigenvalue weighted by Gasteiger charge is -2.07. The molecule has 1 aromatic heterocycles. The van der Waals surface area contributed by atoms with Crippen LogP contribution >= 0.6 is 0 Å². The predicted octanol–water partition coefficient (Wildman–Crippen LogP) is 1.88. The van der Waals surface area contributed by atoms with Crippen LogP contribution in [-0.2, 0) is 0 Å². The van der Waals surface area contributed by atoms with Crippen molar-refractivity contribution in [3.05, 3.63) is 46.3 Å². The van der Waals surface area contributed by atoms with Crippen molar-refractivity contribution in [3.63, 3.8) is 0 Å². The molecule has 0 aliphatic heterocycles. The lowest BCUT2D eigenvalue weighted by molar-refractivity contribution is -0.385. The summed E-state index contributed by atoms with van der Waals surface area (Å²) in [6.07, 6.45) is 2.52. The minimum Gasteiger partial charge on any atom is -0.487 e. The number of aromatic nitrogens is 2. The van der Waals surface area contributed by atoms with E-state index >= 15 is 0 Å². The topological polar surface area (TPSA) is 107 Å². The second-order valence-electron chi connectivity index (χ2n) is 3.82. The van der Waals surface area contributed by atoms with E-state index in [4.69, 9.17) is 9.84 Å². The van der Waals surface area contributed by atoms with Gasteiger partial charge < -0.3 is 9.84 Å². The summed E-state index contributed by atoms with van der Waals surface area (Å²) in [6.45, 7) is 2.00. The summed E-state index contributed by atoms with van der Waals surface area (Å²) in [4.78, 5) is 21.1. The van der Waals surface area contributed by atoms with Crippen molar-refractivity contribution in [2.24, 2.45) is 0 Å². The number of hydrogen-bond acceptors (Lipinski definition) is 5. The molecule has 0 bridgehead atoms. The minimum absolute atomic E-state index is 0.0290. The fraction of sp³-hybridized carbons (Fsp3) is 0.167. The van der Waals surface area contributed by atoms with Crippen molar-refractivity contribution in [3.8, 4) is 11.4 Å². The summed E-state index contributed by atoms with van der Waals surface area (Å²) in [6, 6.07) is 4.21. The molecular weight excluding hydrogens is 266 g/mol. The van der Waals surface area contributed by atoms with E-state index in [0.29, 0.717) is 5.69 Å². The number of carboxylic acids is 1. The monoisotopic (exact) mass is 277 g/mol. The first-order valence-electron chi connectivity index (χ1n) is 5.72. The van der Waals surface area contributed by atoms with E-state index < -0.39 is 10.9 Å². The Labute approximate surface area is 113 Å². The van der Waals surface area contributed by atoms with Gasteiger partial charge in [-0.2, -0.15) is 5.10 Å². The Morgan fingerprint density at radius 2 is 2.30 bits per heavy atom. The van der Waals surface area contributed by atoms with Crippen LogP contribution in [0.2, 0.25) is 0 Å². The van der Waals surface area contributed by atoms with Crippen molar-refractivity contribution >= 4 is 11.7 Å². The van der Waals surface area contributed by atoms with E-state index in [1.807, 2.05) is 0 Å². The third-order valence-electron chi connectivity index (χ3n) is 2.53. The number of nitro benzene ring substituents is 1.